The van der Waals surface area contributed by atoms with E-state index < -0.39 is 5.60 Å². The molecule has 42 heavy (non-hydrogen) atoms. The first-order valence-corrected chi connectivity index (χ1v) is 16.0. The van der Waals surface area contributed by atoms with Gasteiger partial charge in [-0.1, -0.05) is 99.5 Å². The van der Waals surface area contributed by atoms with Crippen molar-refractivity contribution in [3.63, 3.8) is 0 Å². The molecule has 2 atom stereocenters. The van der Waals surface area contributed by atoms with E-state index in [4.69, 9.17) is 4.74 Å². The van der Waals surface area contributed by atoms with Crippen molar-refractivity contribution in [1.82, 2.24) is 0 Å². The highest BCUT2D eigenvalue weighted by atomic mass is 16.5. The van der Waals surface area contributed by atoms with Gasteiger partial charge in [0.25, 0.3) is 0 Å². The minimum absolute atomic E-state index is 0.0698. The number of hydrogen-bond donors (Lipinski definition) is 1. The van der Waals surface area contributed by atoms with Crippen LogP contribution in [0.2, 0.25) is 0 Å². The third kappa shape index (κ3) is 6.27. The second kappa shape index (κ2) is 12.6. The van der Waals surface area contributed by atoms with Crippen LogP contribution in [0.1, 0.15) is 98.6 Å². The van der Waals surface area contributed by atoms with E-state index in [2.05, 4.69) is 88.4 Å². The van der Waals surface area contributed by atoms with Crippen LogP contribution >= 0.6 is 0 Å². The predicted octanol–water partition coefficient (Wildman–Crippen LogP) is 9.14. The fourth-order valence-electron chi connectivity index (χ4n) is 7.34. The standard InChI is InChI=1S/C39H48O3/c1-6-38(7-2,34-18-19-36(28(4)24-34)32-14-12-30(13-15-32)26-37(40)42-5)33-17-16-31(27(3)23-33)20-22-39(41)21-8-9-35(39)25-29-10-11-29/h12-20,22-24,29,35,41H,6-11,21,25-26H2,1-5H3/b22-20+. The van der Waals surface area contributed by atoms with E-state index in [-0.39, 0.29) is 11.4 Å². The topological polar surface area (TPSA) is 46.5 Å². The molecule has 3 heteroatoms. The molecule has 0 heterocycles. The summed E-state index contributed by atoms with van der Waals surface area (Å²) in [6.07, 6.45) is 13.7. The summed E-state index contributed by atoms with van der Waals surface area (Å²) in [6, 6.07) is 22.1. The lowest BCUT2D eigenvalue weighted by Gasteiger charge is -2.34. The lowest BCUT2D eigenvalue weighted by atomic mass is 9.69. The largest absolute Gasteiger partial charge is 0.469 e. The molecule has 222 valence electrons. The number of aryl methyl sites for hydroxylation is 2. The van der Waals surface area contributed by atoms with Crippen molar-refractivity contribution in [2.45, 2.75) is 96.5 Å². The maximum absolute atomic E-state index is 11.6. The molecule has 1 N–H and O–H groups in total. The Kier molecular flexibility index (Phi) is 9.08. The Labute approximate surface area is 253 Å². The summed E-state index contributed by atoms with van der Waals surface area (Å²) in [5, 5.41) is 11.5. The first-order valence-electron chi connectivity index (χ1n) is 16.0. The van der Waals surface area contributed by atoms with Crippen LogP contribution in [-0.2, 0) is 21.4 Å². The van der Waals surface area contributed by atoms with Crippen molar-refractivity contribution in [2.24, 2.45) is 11.8 Å². The molecular weight excluding hydrogens is 516 g/mol. The number of methoxy groups -OCH3 is 1. The van der Waals surface area contributed by atoms with Crippen LogP contribution in [0.3, 0.4) is 0 Å². The summed E-state index contributed by atoms with van der Waals surface area (Å²) in [6.45, 7) is 9.00. The second-order valence-corrected chi connectivity index (χ2v) is 12.9. The Bertz CT molecular complexity index is 1420. The van der Waals surface area contributed by atoms with E-state index in [1.807, 2.05) is 12.1 Å². The van der Waals surface area contributed by atoms with Crippen molar-refractivity contribution in [3.8, 4) is 11.1 Å². The third-order valence-corrected chi connectivity index (χ3v) is 10.4. The number of benzene rings is 3. The van der Waals surface area contributed by atoms with Crippen LogP contribution in [0.15, 0.2) is 66.7 Å². The highest BCUT2D eigenvalue weighted by Gasteiger charge is 2.41. The van der Waals surface area contributed by atoms with Crippen LogP contribution in [0, 0.1) is 25.7 Å². The summed E-state index contributed by atoms with van der Waals surface area (Å²) < 4.78 is 4.81. The number of ether oxygens (including phenoxy) is 1. The molecule has 2 fully saturated rings. The molecule has 0 bridgehead atoms. The first-order chi connectivity index (χ1) is 20.2. The van der Waals surface area contributed by atoms with Gasteiger partial charge in [0.05, 0.1) is 19.1 Å². The van der Waals surface area contributed by atoms with Crippen molar-refractivity contribution in [2.75, 3.05) is 7.11 Å². The van der Waals surface area contributed by atoms with Gasteiger partial charge in [0.2, 0.25) is 0 Å². The van der Waals surface area contributed by atoms with E-state index in [1.54, 1.807) is 0 Å². The number of rotatable bonds is 11. The molecule has 2 aliphatic rings. The fourth-order valence-corrected chi connectivity index (χ4v) is 7.34. The molecule has 0 saturated heterocycles. The van der Waals surface area contributed by atoms with Crippen LogP contribution in [-0.4, -0.2) is 23.8 Å². The monoisotopic (exact) mass is 564 g/mol. The smallest absolute Gasteiger partial charge is 0.309 e. The highest BCUT2D eigenvalue weighted by Crippen LogP contribution is 2.46. The molecule has 3 aromatic carbocycles. The van der Waals surface area contributed by atoms with E-state index in [9.17, 15) is 9.90 Å². The Morgan fingerprint density at radius 3 is 2.21 bits per heavy atom. The zero-order valence-corrected chi connectivity index (χ0v) is 26.2. The summed E-state index contributed by atoms with van der Waals surface area (Å²) in [7, 11) is 1.42. The van der Waals surface area contributed by atoms with E-state index in [1.165, 1.54) is 59.8 Å². The SMILES string of the molecule is CCC(CC)(c1ccc(/C=C/C2(O)CCCC2CC2CC2)c(C)c1)c1ccc(-c2ccc(CC(=O)OC)cc2)c(C)c1. The van der Waals surface area contributed by atoms with Gasteiger partial charge in [0, 0.05) is 5.41 Å². The summed E-state index contributed by atoms with van der Waals surface area (Å²) in [4.78, 5) is 11.6. The lowest BCUT2D eigenvalue weighted by Crippen LogP contribution is -2.30. The molecule has 3 aromatic rings. The molecule has 5 rings (SSSR count). The molecule has 2 saturated carbocycles. The number of esters is 1. The fraction of sp³-hybridized carbons (Fsp3) is 0.462. The minimum Gasteiger partial charge on any atom is -0.469 e. The zero-order valence-electron chi connectivity index (χ0n) is 26.2. The summed E-state index contributed by atoms with van der Waals surface area (Å²) in [5.41, 5.74) is 9.02. The van der Waals surface area contributed by atoms with Gasteiger partial charge in [-0.3, -0.25) is 4.79 Å². The van der Waals surface area contributed by atoms with E-state index in [0.29, 0.717) is 12.3 Å². The van der Waals surface area contributed by atoms with Crippen LogP contribution in [0.25, 0.3) is 17.2 Å². The quantitative estimate of drug-likeness (QED) is 0.236. The van der Waals surface area contributed by atoms with Gasteiger partial charge < -0.3 is 9.84 Å². The number of carbonyl (C=O) groups is 1. The molecule has 0 spiro atoms. The van der Waals surface area contributed by atoms with Crippen molar-refractivity contribution < 1.29 is 14.6 Å². The highest BCUT2D eigenvalue weighted by molar-refractivity contribution is 5.73. The zero-order chi connectivity index (χ0) is 29.9. The van der Waals surface area contributed by atoms with E-state index >= 15 is 0 Å². The normalized spacial score (nSPS) is 20.8. The Morgan fingerprint density at radius 2 is 1.62 bits per heavy atom. The number of aliphatic hydroxyl groups is 1. The predicted molar refractivity (Wildman–Crippen MR) is 174 cm³/mol. The van der Waals surface area contributed by atoms with Crippen molar-refractivity contribution in [3.05, 3.63) is 100 Å². The van der Waals surface area contributed by atoms with Crippen LogP contribution in [0.4, 0.5) is 0 Å². The maximum Gasteiger partial charge on any atom is 0.309 e. The molecule has 0 aliphatic heterocycles. The third-order valence-electron chi connectivity index (χ3n) is 10.4. The molecule has 3 nitrogen and oxygen atoms in total. The first kappa shape index (κ1) is 30.3. The summed E-state index contributed by atoms with van der Waals surface area (Å²) >= 11 is 0. The average Bonchev–Trinajstić information content (AvgIpc) is 3.74. The van der Waals surface area contributed by atoms with Crippen molar-refractivity contribution in [1.29, 1.82) is 0 Å². The lowest BCUT2D eigenvalue weighted by molar-refractivity contribution is -0.139. The van der Waals surface area contributed by atoms with Crippen molar-refractivity contribution >= 4 is 12.0 Å². The Hall–Kier alpha value is -3.17. The molecule has 0 amide bonds. The minimum atomic E-state index is -0.648. The van der Waals surface area contributed by atoms with Gasteiger partial charge in [0.15, 0.2) is 0 Å². The molecule has 2 unspecified atom stereocenters. The average molecular weight is 565 g/mol. The van der Waals surface area contributed by atoms with Gasteiger partial charge in [0.1, 0.15) is 0 Å². The number of carbonyl (C=O) groups excluding carboxylic acids is 1. The molecule has 0 aromatic heterocycles. The van der Waals surface area contributed by atoms with Crippen LogP contribution in [0.5, 0.6) is 0 Å². The molecule has 0 radical (unpaired) electrons. The van der Waals surface area contributed by atoms with Gasteiger partial charge in [-0.15, -0.1) is 0 Å². The Balaban J connectivity index is 1.38. The van der Waals surface area contributed by atoms with Gasteiger partial charge in [-0.2, -0.15) is 0 Å². The summed E-state index contributed by atoms with van der Waals surface area (Å²) in [5.74, 6) is 1.04. The number of hydrogen-bond acceptors (Lipinski definition) is 3. The van der Waals surface area contributed by atoms with E-state index in [0.717, 1.165) is 49.1 Å². The molecular formula is C39H48O3. The van der Waals surface area contributed by atoms with Gasteiger partial charge in [-0.25, -0.2) is 0 Å². The van der Waals surface area contributed by atoms with Gasteiger partial charge >= 0.3 is 5.97 Å². The second-order valence-electron chi connectivity index (χ2n) is 12.9. The molecule has 2 aliphatic carbocycles. The Morgan fingerprint density at radius 1 is 0.952 bits per heavy atom. The maximum atomic E-state index is 11.6. The van der Waals surface area contributed by atoms with Gasteiger partial charge in [-0.05, 0) is 109 Å². The van der Waals surface area contributed by atoms with Crippen LogP contribution < -0.4 is 0 Å².